The van der Waals surface area contributed by atoms with Crippen molar-refractivity contribution in [3.63, 3.8) is 0 Å². The fourth-order valence-electron chi connectivity index (χ4n) is 2.55. The number of ether oxygens (including phenoxy) is 1. The zero-order chi connectivity index (χ0) is 14.5. The van der Waals surface area contributed by atoms with Crippen molar-refractivity contribution in [1.82, 2.24) is 4.90 Å². The first-order valence-corrected chi connectivity index (χ1v) is 6.90. The Kier molecular flexibility index (Phi) is 5.60. The van der Waals surface area contributed by atoms with Crippen molar-refractivity contribution in [3.8, 4) is 0 Å². The molecule has 0 aromatic heterocycles. The summed E-state index contributed by atoms with van der Waals surface area (Å²) in [4.78, 5) is 14.7. The van der Waals surface area contributed by atoms with Gasteiger partial charge in [-0.2, -0.15) is 0 Å². The van der Waals surface area contributed by atoms with Crippen LogP contribution in [0.15, 0.2) is 5.16 Å². The number of oxime groups is 1. The molecular formula is C13H25N3O3. The highest BCUT2D eigenvalue weighted by molar-refractivity contribution is 6.06. The largest absolute Gasteiger partial charge is 0.409 e. The molecule has 1 aliphatic heterocycles. The van der Waals surface area contributed by atoms with Crippen LogP contribution in [-0.2, 0) is 9.53 Å². The minimum atomic E-state index is -0.910. The van der Waals surface area contributed by atoms with Crippen molar-refractivity contribution in [2.75, 3.05) is 19.8 Å². The van der Waals surface area contributed by atoms with E-state index in [-0.39, 0.29) is 17.8 Å². The van der Waals surface area contributed by atoms with E-state index in [1.165, 1.54) is 0 Å². The molecule has 1 atom stereocenters. The van der Waals surface area contributed by atoms with Crippen LogP contribution in [0.4, 0.5) is 0 Å². The standard InChI is InChI=1S/C13H25N3O3/c1-4-10(3)16(5-2)12(17)13(11(14)15-18)6-8-19-9-7-13/h10,18H,4-9H2,1-3H3,(H2,14,15). The van der Waals surface area contributed by atoms with Crippen molar-refractivity contribution in [1.29, 1.82) is 0 Å². The van der Waals surface area contributed by atoms with Crippen LogP contribution in [0.25, 0.3) is 0 Å². The molecule has 1 amide bonds. The predicted molar refractivity (Wildman–Crippen MR) is 73.0 cm³/mol. The summed E-state index contributed by atoms with van der Waals surface area (Å²) in [6.07, 6.45) is 1.81. The zero-order valence-corrected chi connectivity index (χ0v) is 12.1. The average Bonchev–Trinajstić information content (AvgIpc) is 2.47. The van der Waals surface area contributed by atoms with Gasteiger partial charge in [-0.15, -0.1) is 0 Å². The third kappa shape index (κ3) is 3.00. The van der Waals surface area contributed by atoms with Gasteiger partial charge >= 0.3 is 0 Å². The molecule has 0 aliphatic carbocycles. The number of nitrogens with zero attached hydrogens (tertiary/aromatic N) is 2. The maximum absolute atomic E-state index is 12.9. The van der Waals surface area contributed by atoms with E-state index in [0.717, 1.165) is 6.42 Å². The molecule has 1 aliphatic rings. The number of hydrogen-bond acceptors (Lipinski definition) is 4. The van der Waals surface area contributed by atoms with Crippen LogP contribution in [0.3, 0.4) is 0 Å². The van der Waals surface area contributed by atoms with Gasteiger partial charge in [-0.05, 0) is 33.1 Å². The second-order valence-corrected chi connectivity index (χ2v) is 5.03. The first-order chi connectivity index (χ1) is 9.03. The van der Waals surface area contributed by atoms with Crippen molar-refractivity contribution in [2.24, 2.45) is 16.3 Å². The van der Waals surface area contributed by atoms with Gasteiger partial charge in [0.2, 0.25) is 5.91 Å². The molecule has 1 fully saturated rings. The summed E-state index contributed by atoms with van der Waals surface area (Å²) in [7, 11) is 0. The Balaban J connectivity index is 3.06. The van der Waals surface area contributed by atoms with E-state index in [0.29, 0.717) is 32.6 Å². The molecular weight excluding hydrogens is 246 g/mol. The van der Waals surface area contributed by atoms with Gasteiger partial charge < -0.3 is 20.6 Å². The third-order valence-electron chi connectivity index (χ3n) is 4.08. The molecule has 1 saturated heterocycles. The quantitative estimate of drug-likeness (QED) is 0.340. The number of nitrogens with two attached hydrogens (primary N) is 1. The van der Waals surface area contributed by atoms with Gasteiger partial charge in [-0.3, -0.25) is 4.79 Å². The zero-order valence-electron chi connectivity index (χ0n) is 12.1. The smallest absolute Gasteiger partial charge is 0.236 e. The highest BCUT2D eigenvalue weighted by Gasteiger charge is 2.47. The molecule has 0 spiro atoms. The van der Waals surface area contributed by atoms with E-state index in [1.54, 1.807) is 0 Å². The van der Waals surface area contributed by atoms with Gasteiger partial charge in [0.25, 0.3) is 0 Å². The maximum Gasteiger partial charge on any atom is 0.236 e. The van der Waals surface area contributed by atoms with Gasteiger partial charge in [0.1, 0.15) is 5.41 Å². The Morgan fingerprint density at radius 2 is 2.05 bits per heavy atom. The van der Waals surface area contributed by atoms with E-state index in [1.807, 2.05) is 25.7 Å². The Bertz CT molecular complexity index is 338. The van der Waals surface area contributed by atoms with E-state index in [9.17, 15) is 4.79 Å². The SMILES string of the molecule is CCC(C)N(CC)C(=O)C1(C(N)=NO)CCOCC1. The van der Waals surface area contributed by atoms with E-state index < -0.39 is 5.41 Å². The first kappa shape index (κ1) is 15.8. The predicted octanol–water partition coefficient (Wildman–Crippen LogP) is 1.18. The lowest BCUT2D eigenvalue weighted by atomic mass is 9.77. The lowest BCUT2D eigenvalue weighted by molar-refractivity contribution is -0.144. The second-order valence-electron chi connectivity index (χ2n) is 5.03. The Hall–Kier alpha value is -1.30. The van der Waals surface area contributed by atoms with Crippen molar-refractivity contribution in [3.05, 3.63) is 0 Å². The molecule has 19 heavy (non-hydrogen) atoms. The molecule has 3 N–H and O–H groups in total. The number of hydrogen-bond donors (Lipinski definition) is 2. The molecule has 0 aromatic rings. The molecule has 0 aromatic carbocycles. The number of rotatable bonds is 5. The van der Waals surface area contributed by atoms with Gasteiger partial charge in [-0.1, -0.05) is 12.1 Å². The lowest BCUT2D eigenvalue weighted by Gasteiger charge is -2.40. The first-order valence-electron chi connectivity index (χ1n) is 6.90. The summed E-state index contributed by atoms with van der Waals surface area (Å²) in [5, 5.41) is 12.1. The molecule has 0 saturated carbocycles. The molecule has 6 heteroatoms. The van der Waals surface area contributed by atoms with Crippen LogP contribution in [0.5, 0.6) is 0 Å². The summed E-state index contributed by atoms with van der Waals surface area (Å²) in [5.41, 5.74) is 4.90. The second kappa shape index (κ2) is 6.75. The molecule has 1 unspecified atom stereocenters. The number of carbonyl (C=O) groups excluding carboxylic acids is 1. The average molecular weight is 271 g/mol. The van der Waals surface area contributed by atoms with E-state index in [4.69, 9.17) is 15.7 Å². The summed E-state index contributed by atoms with van der Waals surface area (Å²) in [6.45, 7) is 7.54. The van der Waals surface area contributed by atoms with E-state index >= 15 is 0 Å². The van der Waals surface area contributed by atoms with Crippen LogP contribution in [-0.4, -0.2) is 47.7 Å². The monoisotopic (exact) mass is 271 g/mol. The Labute approximate surface area is 114 Å². The fraction of sp³-hybridized carbons (Fsp3) is 0.846. The van der Waals surface area contributed by atoms with Crippen LogP contribution < -0.4 is 5.73 Å². The Morgan fingerprint density at radius 1 is 1.47 bits per heavy atom. The van der Waals surface area contributed by atoms with Crippen molar-refractivity contribution >= 4 is 11.7 Å². The fourth-order valence-corrected chi connectivity index (χ4v) is 2.55. The third-order valence-corrected chi connectivity index (χ3v) is 4.08. The van der Waals surface area contributed by atoms with Crippen LogP contribution >= 0.6 is 0 Å². The summed E-state index contributed by atoms with van der Waals surface area (Å²) in [5.74, 6) is -0.0505. The normalized spacial score (nSPS) is 20.9. The maximum atomic E-state index is 12.9. The molecule has 0 bridgehead atoms. The molecule has 1 rings (SSSR count). The topological polar surface area (TPSA) is 88.2 Å². The summed E-state index contributed by atoms with van der Waals surface area (Å²) < 4.78 is 5.31. The summed E-state index contributed by atoms with van der Waals surface area (Å²) in [6, 6.07) is 0.142. The van der Waals surface area contributed by atoms with Crippen LogP contribution in [0.1, 0.15) is 40.0 Å². The highest BCUT2D eigenvalue weighted by atomic mass is 16.5. The lowest BCUT2D eigenvalue weighted by Crippen LogP contribution is -2.55. The van der Waals surface area contributed by atoms with Crippen LogP contribution in [0.2, 0.25) is 0 Å². The van der Waals surface area contributed by atoms with Gasteiger partial charge in [0.05, 0.1) is 0 Å². The van der Waals surface area contributed by atoms with Gasteiger partial charge in [0, 0.05) is 25.8 Å². The summed E-state index contributed by atoms with van der Waals surface area (Å²) >= 11 is 0. The molecule has 110 valence electrons. The van der Waals surface area contributed by atoms with Crippen LogP contribution in [0, 0.1) is 5.41 Å². The van der Waals surface area contributed by atoms with Gasteiger partial charge in [0.15, 0.2) is 5.84 Å². The number of carbonyl (C=O) groups is 1. The number of amidine groups is 1. The minimum absolute atomic E-state index is 0.00236. The Morgan fingerprint density at radius 3 is 2.47 bits per heavy atom. The minimum Gasteiger partial charge on any atom is -0.409 e. The number of amides is 1. The van der Waals surface area contributed by atoms with E-state index in [2.05, 4.69) is 5.16 Å². The van der Waals surface area contributed by atoms with Crippen molar-refractivity contribution in [2.45, 2.75) is 46.1 Å². The highest BCUT2D eigenvalue weighted by Crippen LogP contribution is 2.34. The van der Waals surface area contributed by atoms with Crippen molar-refractivity contribution < 1.29 is 14.7 Å². The molecule has 1 heterocycles. The van der Waals surface area contributed by atoms with Gasteiger partial charge in [-0.25, -0.2) is 0 Å². The molecule has 6 nitrogen and oxygen atoms in total. The molecule has 0 radical (unpaired) electrons.